The first-order valence-electron chi connectivity index (χ1n) is 19.1. The van der Waals surface area contributed by atoms with Crippen molar-refractivity contribution >= 4 is 63.3 Å². The third-order valence-corrected chi connectivity index (χ3v) is 10.6. The maximum atomic E-state index is 14.2. The molecule has 0 spiro atoms. The maximum Gasteiger partial charge on any atom is 0.276 e. The van der Waals surface area contributed by atoms with E-state index in [0.717, 1.165) is 47.2 Å². The molecule has 4 amide bonds. The Kier molecular flexibility index (Phi) is 9.84. The average Bonchev–Trinajstić information content (AvgIpc) is 3.99. The zero-order chi connectivity index (χ0) is 39.1. The SMILES string of the molecule is CCn1nc(C)c2c1C(=O)Nc1nc3cc(C(N)=O)ccc3n1CCCCn1c(nc3c(N4CNCC4=O)cccc31)NC(=O)c1cc(C)nn1CCCCC2. The molecule has 0 saturated carbocycles. The van der Waals surface area contributed by atoms with Crippen molar-refractivity contribution in [2.45, 2.75) is 85.5 Å². The molecule has 0 atom stereocenters. The lowest BCUT2D eigenvalue weighted by atomic mass is 10.0. The highest BCUT2D eigenvalue weighted by molar-refractivity contribution is 6.07. The van der Waals surface area contributed by atoms with Crippen LogP contribution in [0, 0.1) is 13.8 Å². The van der Waals surface area contributed by atoms with E-state index in [0.29, 0.717) is 97.7 Å². The third-order valence-electron chi connectivity index (χ3n) is 10.6. The Bertz CT molecular complexity index is 2520. The first kappa shape index (κ1) is 36.6. The molecule has 0 radical (unpaired) electrons. The summed E-state index contributed by atoms with van der Waals surface area (Å²) in [4.78, 5) is 64.4. The van der Waals surface area contributed by atoms with Crippen LogP contribution in [0.5, 0.6) is 0 Å². The van der Waals surface area contributed by atoms with Gasteiger partial charge in [-0.05, 0) is 89.3 Å². The van der Waals surface area contributed by atoms with Gasteiger partial charge in [0.1, 0.15) is 16.9 Å². The van der Waals surface area contributed by atoms with Gasteiger partial charge in [-0.1, -0.05) is 12.5 Å². The second-order valence-corrected chi connectivity index (χ2v) is 14.3. The van der Waals surface area contributed by atoms with Crippen LogP contribution in [0.1, 0.15) is 87.3 Å². The van der Waals surface area contributed by atoms with Gasteiger partial charge in [0.25, 0.3) is 11.8 Å². The Morgan fingerprint density at radius 3 is 2.34 bits per heavy atom. The summed E-state index contributed by atoms with van der Waals surface area (Å²) in [5, 5.41) is 18.6. The summed E-state index contributed by atoms with van der Waals surface area (Å²) in [5.74, 6) is -0.535. The summed E-state index contributed by atoms with van der Waals surface area (Å²) < 4.78 is 7.41. The van der Waals surface area contributed by atoms with Crippen LogP contribution in [0.3, 0.4) is 0 Å². The van der Waals surface area contributed by atoms with Gasteiger partial charge in [0, 0.05) is 37.3 Å². The van der Waals surface area contributed by atoms with Gasteiger partial charge in [-0.25, -0.2) is 9.97 Å². The first-order valence-corrected chi connectivity index (χ1v) is 19.1. The zero-order valence-corrected chi connectivity index (χ0v) is 31.8. The van der Waals surface area contributed by atoms with Crippen LogP contribution in [0.2, 0.25) is 0 Å². The molecule has 17 nitrogen and oxygen atoms in total. The van der Waals surface area contributed by atoms with Crippen molar-refractivity contribution in [1.29, 1.82) is 0 Å². The van der Waals surface area contributed by atoms with E-state index in [-0.39, 0.29) is 24.3 Å². The number of primary amides is 1. The molecule has 8 rings (SSSR count). The number of anilines is 3. The van der Waals surface area contributed by atoms with Gasteiger partial charge < -0.3 is 14.9 Å². The lowest BCUT2D eigenvalue weighted by Gasteiger charge is -2.15. The Labute approximate surface area is 322 Å². The molecule has 290 valence electrons. The number of amides is 4. The first-order chi connectivity index (χ1) is 27.1. The predicted octanol–water partition coefficient (Wildman–Crippen LogP) is 4.12. The van der Waals surface area contributed by atoms with Crippen LogP contribution in [0.25, 0.3) is 22.1 Å². The van der Waals surface area contributed by atoms with Crippen molar-refractivity contribution in [2.24, 2.45) is 5.73 Å². The second-order valence-electron chi connectivity index (χ2n) is 14.3. The third kappa shape index (κ3) is 6.78. The second kappa shape index (κ2) is 15.1. The molecule has 4 aromatic heterocycles. The van der Waals surface area contributed by atoms with Gasteiger partial charge in [0.2, 0.25) is 23.7 Å². The monoisotopic (exact) mass is 759 g/mol. The molecule has 6 heterocycles. The van der Waals surface area contributed by atoms with Crippen molar-refractivity contribution in [1.82, 2.24) is 44.0 Å². The van der Waals surface area contributed by atoms with Crippen LogP contribution < -0.4 is 26.6 Å². The standard InChI is InChI=1S/C39H45N13O4/c1-4-51-34-26(24(3)47-51)11-6-5-7-18-52-31(19-23(2)46-52)36(55)44-39-43-33-29(12-10-13-30(33)50-22-41-21-32(50)53)49(39)17-9-8-16-48-28-15-14-25(35(40)54)20-27(28)42-38(48)45-37(34)56/h10,12-15,19-20,41H,4-9,11,16-18,21-22H2,1-3H3,(H2,40,54)(H,42,45,56)(H,43,44,55). The van der Waals surface area contributed by atoms with Crippen molar-refractivity contribution in [3.8, 4) is 0 Å². The van der Waals surface area contributed by atoms with Gasteiger partial charge in [-0.15, -0.1) is 0 Å². The highest BCUT2D eigenvalue weighted by Gasteiger charge is 2.27. The summed E-state index contributed by atoms with van der Waals surface area (Å²) in [6, 6.07) is 12.6. The molecule has 2 aromatic carbocycles. The van der Waals surface area contributed by atoms with E-state index in [4.69, 9.17) is 20.8 Å². The molecular weight excluding hydrogens is 715 g/mol. The normalized spacial score (nSPS) is 16.2. The van der Waals surface area contributed by atoms with Gasteiger partial charge in [-0.2, -0.15) is 10.2 Å². The number of aromatic nitrogens is 8. The minimum Gasteiger partial charge on any atom is -0.366 e. The molecule has 0 unspecified atom stereocenters. The minimum absolute atomic E-state index is 0.0550. The number of nitrogens with one attached hydrogen (secondary N) is 3. The molecule has 2 aliphatic rings. The fraction of sp³-hybridized carbons (Fsp3) is 0.385. The minimum atomic E-state index is -0.567. The number of hydrogen-bond donors (Lipinski definition) is 4. The molecule has 2 aliphatic heterocycles. The van der Waals surface area contributed by atoms with E-state index < -0.39 is 5.91 Å². The lowest BCUT2D eigenvalue weighted by molar-refractivity contribution is -0.116. The van der Waals surface area contributed by atoms with Gasteiger partial charge in [0.05, 0.1) is 46.8 Å². The summed E-state index contributed by atoms with van der Waals surface area (Å²) in [6.07, 6.45) is 4.35. The number of hydrogen-bond acceptors (Lipinski definition) is 9. The topological polar surface area (TPSA) is 205 Å². The van der Waals surface area contributed by atoms with Crippen molar-refractivity contribution in [3.63, 3.8) is 0 Å². The van der Waals surface area contributed by atoms with E-state index >= 15 is 0 Å². The molecule has 56 heavy (non-hydrogen) atoms. The Morgan fingerprint density at radius 1 is 0.839 bits per heavy atom. The Balaban J connectivity index is 1.19. The quantitative estimate of drug-likeness (QED) is 0.205. The Morgan fingerprint density at radius 2 is 1.59 bits per heavy atom. The molecule has 6 aromatic rings. The van der Waals surface area contributed by atoms with Crippen molar-refractivity contribution in [2.75, 3.05) is 28.7 Å². The number of carbonyl (C=O) groups is 4. The highest BCUT2D eigenvalue weighted by atomic mass is 16.2. The van der Waals surface area contributed by atoms with Crippen molar-refractivity contribution < 1.29 is 19.2 Å². The van der Waals surface area contributed by atoms with E-state index in [1.54, 1.807) is 38.5 Å². The smallest absolute Gasteiger partial charge is 0.276 e. The van der Waals surface area contributed by atoms with Crippen molar-refractivity contribution in [3.05, 3.63) is 76.4 Å². The number of nitrogens with two attached hydrogens (primary N) is 1. The molecule has 1 fully saturated rings. The van der Waals surface area contributed by atoms with E-state index in [9.17, 15) is 19.2 Å². The number of imidazole rings is 2. The maximum absolute atomic E-state index is 14.2. The van der Waals surface area contributed by atoms with Gasteiger partial charge >= 0.3 is 0 Å². The number of aryl methyl sites for hydroxylation is 6. The highest BCUT2D eigenvalue weighted by Crippen LogP contribution is 2.31. The number of nitrogens with zero attached hydrogens (tertiary/aromatic N) is 9. The summed E-state index contributed by atoms with van der Waals surface area (Å²) in [5.41, 5.74) is 12.6. The largest absolute Gasteiger partial charge is 0.366 e. The van der Waals surface area contributed by atoms with Crippen LogP contribution in [-0.4, -0.2) is 75.5 Å². The number of para-hydroxylation sites is 1. The van der Waals surface area contributed by atoms with E-state index in [1.807, 2.05) is 48.1 Å². The zero-order valence-electron chi connectivity index (χ0n) is 31.8. The molecule has 1 saturated heterocycles. The predicted molar refractivity (Wildman–Crippen MR) is 211 cm³/mol. The van der Waals surface area contributed by atoms with E-state index in [1.165, 1.54) is 0 Å². The molecular formula is C39H45N13O4. The molecule has 5 N–H and O–H groups in total. The Hall–Kier alpha value is -6.36. The number of benzene rings is 2. The fourth-order valence-electron chi connectivity index (χ4n) is 7.86. The molecule has 17 heteroatoms. The van der Waals surface area contributed by atoms with Crippen LogP contribution in [-0.2, 0) is 37.4 Å². The molecule has 0 bridgehead atoms. The molecule has 0 aliphatic carbocycles. The van der Waals surface area contributed by atoms with Crippen LogP contribution >= 0.6 is 0 Å². The van der Waals surface area contributed by atoms with E-state index in [2.05, 4.69) is 21.0 Å². The lowest BCUT2D eigenvalue weighted by Crippen LogP contribution is -2.25. The summed E-state index contributed by atoms with van der Waals surface area (Å²) in [7, 11) is 0. The average molecular weight is 760 g/mol. The fourth-order valence-corrected chi connectivity index (χ4v) is 7.86. The number of rotatable bonds is 3. The summed E-state index contributed by atoms with van der Waals surface area (Å²) >= 11 is 0. The summed E-state index contributed by atoms with van der Waals surface area (Å²) in [6.45, 7) is 8.37. The van der Waals surface area contributed by atoms with Crippen LogP contribution in [0.4, 0.5) is 17.6 Å². The van der Waals surface area contributed by atoms with Gasteiger partial charge in [-0.3, -0.25) is 49.4 Å². The number of carbonyl (C=O) groups excluding carboxylic acids is 4. The van der Waals surface area contributed by atoms with Crippen LogP contribution in [0.15, 0.2) is 42.5 Å². The van der Waals surface area contributed by atoms with Gasteiger partial charge in [0.15, 0.2) is 0 Å². The number of fused-ring (bicyclic) bond motifs is 8.